The summed E-state index contributed by atoms with van der Waals surface area (Å²) in [7, 11) is -1.89. The third-order valence-corrected chi connectivity index (χ3v) is 4.21. The highest BCUT2D eigenvalue weighted by Crippen LogP contribution is 2.08. The highest BCUT2D eigenvalue weighted by atomic mass is 32.2. The van der Waals surface area contributed by atoms with Gasteiger partial charge in [0.25, 0.3) is 10.2 Å². The van der Waals surface area contributed by atoms with Crippen LogP contribution in [0.4, 0.5) is 0 Å². The summed E-state index contributed by atoms with van der Waals surface area (Å²) in [5.41, 5.74) is 7.07. The maximum Gasteiger partial charge on any atom is 0.279 e. The summed E-state index contributed by atoms with van der Waals surface area (Å²) < 4.78 is 27.7. The van der Waals surface area contributed by atoms with Gasteiger partial charge >= 0.3 is 0 Å². The van der Waals surface area contributed by atoms with Crippen LogP contribution in [0.5, 0.6) is 0 Å². The molecule has 0 aliphatic rings. The van der Waals surface area contributed by atoms with Crippen LogP contribution in [0.1, 0.15) is 25.0 Å². The Hall–Kier alpha value is -1.39. The summed E-state index contributed by atoms with van der Waals surface area (Å²) in [5, 5.41) is 0. The maximum absolute atomic E-state index is 11.9. The molecule has 0 aliphatic heterocycles. The van der Waals surface area contributed by atoms with Gasteiger partial charge in [-0.2, -0.15) is 17.4 Å². The first-order valence-corrected chi connectivity index (χ1v) is 7.80. The molecule has 0 unspecified atom stereocenters. The van der Waals surface area contributed by atoms with E-state index in [9.17, 15) is 8.42 Å². The van der Waals surface area contributed by atoms with Crippen LogP contribution >= 0.6 is 0 Å². The summed E-state index contributed by atoms with van der Waals surface area (Å²) in [6.45, 7) is 4.21. The third-order valence-electron chi connectivity index (χ3n) is 2.49. The zero-order valence-electron chi connectivity index (χ0n) is 12.1. The van der Waals surface area contributed by atoms with Gasteiger partial charge in [-0.3, -0.25) is 0 Å². The molecule has 6 heteroatoms. The van der Waals surface area contributed by atoms with E-state index < -0.39 is 10.2 Å². The highest BCUT2D eigenvalue weighted by molar-refractivity contribution is 7.87. The summed E-state index contributed by atoms with van der Waals surface area (Å²) in [6.07, 6.45) is 0. The molecule has 0 heterocycles. The highest BCUT2D eigenvalue weighted by Gasteiger charge is 2.18. The lowest BCUT2D eigenvalue weighted by Crippen LogP contribution is -2.41. The minimum absolute atomic E-state index is 0.128. The van der Waals surface area contributed by atoms with Crippen LogP contribution in [0.15, 0.2) is 24.3 Å². The second kappa shape index (κ2) is 7.41. The van der Waals surface area contributed by atoms with Gasteiger partial charge in [0.05, 0.1) is 6.54 Å². The second-order valence-electron chi connectivity index (χ2n) is 4.74. The van der Waals surface area contributed by atoms with Crippen molar-refractivity contribution >= 4 is 10.2 Å². The number of hydrogen-bond acceptors (Lipinski definition) is 3. The molecule has 0 aliphatic carbocycles. The van der Waals surface area contributed by atoms with Crippen molar-refractivity contribution in [1.29, 1.82) is 0 Å². The van der Waals surface area contributed by atoms with Crippen LogP contribution in [-0.4, -0.2) is 32.4 Å². The van der Waals surface area contributed by atoms with Crippen LogP contribution in [0.25, 0.3) is 0 Å². The van der Waals surface area contributed by atoms with E-state index in [1.54, 1.807) is 20.9 Å². The first-order chi connectivity index (χ1) is 9.35. The van der Waals surface area contributed by atoms with E-state index in [2.05, 4.69) is 16.6 Å². The van der Waals surface area contributed by atoms with Crippen LogP contribution < -0.4 is 10.5 Å². The molecule has 0 radical (unpaired) electrons. The topological polar surface area (TPSA) is 75.4 Å². The Morgan fingerprint density at radius 3 is 2.40 bits per heavy atom. The van der Waals surface area contributed by atoms with E-state index in [0.717, 1.165) is 11.1 Å². The molecule has 0 saturated carbocycles. The molecular weight excluding hydrogens is 274 g/mol. The number of hydrogen-bond donors (Lipinski definition) is 2. The van der Waals surface area contributed by atoms with E-state index in [4.69, 9.17) is 5.73 Å². The fourth-order valence-corrected chi connectivity index (χ4v) is 2.67. The van der Waals surface area contributed by atoms with Crippen molar-refractivity contribution in [3.05, 3.63) is 35.4 Å². The molecule has 0 amide bonds. The smallest absolute Gasteiger partial charge is 0.279 e. The Morgan fingerprint density at radius 2 is 1.90 bits per heavy atom. The van der Waals surface area contributed by atoms with E-state index in [0.29, 0.717) is 13.1 Å². The largest absolute Gasteiger partial charge is 0.320 e. The van der Waals surface area contributed by atoms with Crippen LogP contribution in [-0.2, 0) is 16.8 Å². The minimum atomic E-state index is -3.44. The van der Waals surface area contributed by atoms with Gasteiger partial charge in [-0.1, -0.05) is 24.0 Å². The van der Waals surface area contributed by atoms with Gasteiger partial charge in [0.1, 0.15) is 0 Å². The number of nitrogens with zero attached hydrogens (tertiary/aromatic N) is 1. The molecule has 0 fully saturated rings. The third kappa shape index (κ3) is 5.31. The average Bonchev–Trinajstić information content (AvgIpc) is 2.36. The molecule has 3 N–H and O–H groups in total. The van der Waals surface area contributed by atoms with Gasteiger partial charge in [0.2, 0.25) is 0 Å². The van der Waals surface area contributed by atoms with E-state index >= 15 is 0 Å². The second-order valence-corrected chi connectivity index (χ2v) is 6.55. The molecule has 0 saturated heterocycles. The normalized spacial score (nSPS) is 11.5. The van der Waals surface area contributed by atoms with Gasteiger partial charge < -0.3 is 5.73 Å². The van der Waals surface area contributed by atoms with E-state index in [1.807, 2.05) is 24.3 Å². The van der Waals surface area contributed by atoms with E-state index in [-0.39, 0.29) is 6.04 Å². The number of nitrogens with two attached hydrogens (primary N) is 1. The van der Waals surface area contributed by atoms with Crippen molar-refractivity contribution in [3.63, 3.8) is 0 Å². The Balaban J connectivity index is 2.74. The Kier molecular flexibility index (Phi) is 6.17. The summed E-state index contributed by atoms with van der Waals surface area (Å²) in [4.78, 5) is 0. The quantitative estimate of drug-likeness (QED) is 0.784. The van der Waals surface area contributed by atoms with Crippen molar-refractivity contribution in [2.24, 2.45) is 5.73 Å². The van der Waals surface area contributed by atoms with E-state index in [1.165, 1.54) is 4.31 Å². The molecule has 1 rings (SSSR count). The predicted molar refractivity (Wildman–Crippen MR) is 81.0 cm³/mol. The fourth-order valence-electron chi connectivity index (χ4n) is 1.58. The molecule has 5 nitrogen and oxygen atoms in total. The Bertz CT molecular complexity index is 583. The van der Waals surface area contributed by atoms with Gasteiger partial charge in [0, 0.05) is 25.2 Å². The lowest BCUT2D eigenvalue weighted by atomic mass is 10.1. The lowest BCUT2D eigenvalue weighted by Gasteiger charge is -2.19. The molecule has 0 spiro atoms. The molecule has 0 aromatic heterocycles. The standard InChI is InChI=1S/C14H21N3O2S/c1-12(2)16-20(18,19)17(3)11-14-8-6-13(7-9-14)5-4-10-15/h6-9,12,16H,10-11,15H2,1-3H3. The predicted octanol–water partition coefficient (Wildman–Crippen LogP) is 0.671. The Morgan fingerprint density at radius 1 is 1.30 bits per heavy atom. The number of nitrogens with one attached hydrogen (secondary N) is 1. The zero-order chi connectivity index (χ0) is 15.2. The van der Waals surface area contributed by atoms with Crippen LogP contribution in [0.2, 0.25) is 0 Å². The van der Waals surface area contributed by atoms with Gasteiger partial charge in [-0.25, -0.2) is 0 Å². The molecule has 1 aromatic rings. The Labute approximate surface area is 121 Å². The monoisotopic (exact) mass is 295 g/mol. The van der Waals surface area contributed by atoms with Crippen LogP contribution in [0.3, 0.4) is 0 Å². The van der Waals surface area contributed by atoms with Crippen molar-refractivity contribution in [1.82, 2.24) is 9.03 Å². The molecule has 20 heavy (non-hydrogen) atoms. The minimum Gasteiger partial charge on any atom is -0.320 e. The first-order valence-electron chi connectivity index (χ1n) is 6.36. The maximum atomic E-state index is 11.9. The average molecular weight is 295 g/mol. The van der Waals surface area contributed by atoms with Crippen molar-refractivity contribution in [2.75, 3.05) is 13.6 Å². The zero-order valence-corrected chi connectivity index (χ0v) is 12.9. The van der Waals surface area contributed by atoms with Crippen molar-refractivity contribution in [2.45, 2.75) is 26.4 Å². The molecule has 110 valence electrons. The summed E-state index contributed by atoms with van der Waals surface area (Å²) >= 11 is 0. The lowest BCUT2D eigenvalue weighted by molar-refractivity contribution is 0.449. The summed E-state index contributed by atoms with van der Waals surface area (Å²) in [5.74, 6) is 5.69. The molecule has 1 aromatic carbocycles. The molecular formula is C14H21N3O2S. The van der Waals surface area contributed by atoms with Crippen molar-refractivity contribution < 1.29 is 8.42 Å². The number of benzene rings is 1. The molecule has 0 bridgehead atoms. The van der Waals surface area contributed by atoms with Gasteiger partial charge in [0.15, 0.2) is 0 Å². The number of rotatable bonds is 5. The fraction of sp³-hybridized carbons (Fsp3) is 0.429. The van der Waals surface area contributed by atoms with Crippen LogP contribution in [0, 0.1) is 11.8 Å². The van der Waals surface area contributed by atoms with Gasteiger partial charge in [-0.15, -0.1) is 0 Å². The molecule has 0 atom stereocenters. The summed E-state index contributed by atoms with van der Waals surface area (Å²) in [6, 6.07) is 7.31. The van der Waals surface area contributed by atoms with Gasteiger partial charge in [-0.05, 0) is 31.5 Å². The SMILES string of the molecule is CC(C)NS(=O)(=O)N(C)Cc1ccc(C#CCN)cc1. The van der Waals surface area contributed by atoms with Crippen molar-refractivity contribution in [3.8, 4) is 11.8 Å². The first kappa shape index (κ1) is 16.7.